The van der Waals surface area contributed by atoms with Crippen molar-refractivity contribution < 1.29 is 19.1 Å². The Labute approximate surface area is 186 Å². The maximum atomic E-state index is 12.8. The van der Waals surface area contributed by atoms with Crippen molar-refractivity contribution in [1.82, 2.24) is 20.0 Å². The molecule has 0 spiro atoms. The molecule has 3 rings (SSSR count). The van der Waals surface area contributed by atoms with E-state index in [9.17, 15) is 14.4 Å². The van der Waals surface area contributed by atoms with Crippen molar-refractivity contribution in [2.24, 2.45) is 0 Å². The number of amides is 2. The summed E-state index contributed by atoms with van der Waals surface area (Å²) in [6, 6.07) is 14.2. The lowest BCUT2D eigenvalue weighted by atomic mass is 10.1. The van der Waals surface area contributed by atoms with Crippen LogP contribution in [0.25, 0.3) is 5.69 Å². The highest BCUT2D eigenvalue weighted by Gasteiger charge is 2.17. The van der Waals surface area contributed by atoms with Gasteiger partial charge in [-0.05, 0) is 55.8 Å². The molecular formula is C24H26N4O4. The number of carbonyl (C=O) groups excluding carboxylic acids is 3. The Morgan fingerprint density at radius 1 is 1.03 bits per heavy atom. The summed E-state index contributed by atoms with van der Waals surface area (Å²) in [5.41, 5.74) is 3.84. The third kappa shape index (κ3) is 4.85. The van der Waals surface area contributed by atoms with E-state index in [1.807, 2.05) is 12.1 Å². The van der Waals surface area contributed by atoms with Crippen molar-refractivity contribution in [3.63, 3.8) is 0 Å². The number of nitrogens with zero attached hydrogens (tertiary/aromatic N) is 3. The number of ether oxygens (including phenoxy) is 1. The summed E-state index contributed by atoms with van der Waals surface area (Å²) in [6.45, 7) is 4.26. The lowest BCUT2D eigenvalue weighted by Gasteiger charge is -2.18. The molecule has 1 N–H and O–H groups in total. The molecule has 32 heavy (non-hydrogen) atoms. The molecule has 0 radical (unpaired) electrons. The van der Waals surface area contributed by atoms with Gasteiger partial charge in [-0.2, -0.15) is 5.10 Å². The fourth-order valence-electron chi connectivity index (χ4n) is 3.30. The predicted molar refractivity (Wildman–Crippen MR) is 120 cm³/mol. The number of benzene rings is 2. The van der Waals surface area contributed by atoms with E-state index in [1.54, 1.807) is 73.9 Å². The van der Waals surface area contributed by atoms with Gasteiger partial charge in [0.15, 0.2) is 0 Å². The van der Waals surface area contributed by atoms with Gasteiger partial charge in [0.25, 0.3) is 11.8 Å². The van der Waals surface area contributed by atoms with Crippen molar-refractivity contribution >= 4 is 17.8 Å². The molecule has 0 saturated carbocycles. The lowest BCUT2D eigenvalue weighted by molar-refractivity contribution is 0.0525. The number of esters is 1. The smallest absolute Gasteiger partial charge is 0.341 e. The van der Waals surface area contributed by atoms with E-state index in [-0.39, 0.29) is 11.8 Å². The number of nitrogens with one attached hydrogen (secondary N) is 1. The average Bonchev–Trinajstić information content (AvgIpc) is 3.20. The number of hydrogen-bond donors (Lipinski definition) is 1. The number of hydrogen-bond acceptors (Lipinski definition) is 5. The van der Waals surface area contributed by atoms with Gasteiger partial charge >= 0.3 is 5.97 Å². The topological polar surface area (TPSA) is 93.5 Å². The molecule has 3 aromatic rings. The summed E-state index contributed by atoms with van der Waals surface area (Å²) in [7, 11) is 3.31. The second-order valence-electron chi connectivity index (χ2n) is 7.26. The zero-order chi connectivity index (χ0) is 23.3. The van der Waals surface area contributed by atoms with Gasteiger partial charge in [-0.25, -0.2) is 9.48 Å². The SMILES string of the molecule is CCOC(=O)c1cnn(-c2ccc(C(=O)N(C)Cc3ccc(C(=O)NC)cc3)cc2)c1C. The Balaban J connectivity index is 1.70. The van der Waals surface area contributed by atoms with E-state index in [4.69, 9.17) is 4.74 Å². The molecule has 0 aliphatic carbocycles. The van der Waals surface area contributed by atoms with Crippen LogP contribution in [-0.4, -0.2) is 53.2 Å². The fraction of sp³-hybridized carbons (Fsp3) is 0.250. The largest absolute Gasteiger partial charge is 0.462 e. The second-order valence-corrected chi connectivity index (χ2v) is 7.26. The predicted octanol–water partition coefficient (Wildman–Crippen LogP) is 2.99. The van der Waals surface area contributed by atoms with E-state index in [1.165, 1.54) is 6.20 Å². The summed E-state index contributed by atoms with van der Waals surface area (Å²) in [5, 5.41) is 6.85. The molecule has 1 heterocycles. The van der Waals surface area contributed by atoms with E-state index in [0.717, 1.165) is 11.3 Å². The highest BCUT2D eigenvalue weighted by atomic mass is 16.5. The van der Waals surface area contributed by atoms with Crippen LogP contribution in [0.15, 0.2) is 54.7 Å². The summed E-state index contributed by atoms with van der Waals surface area (Å²) in [6.07, 6.45) is 1.48. The molecule has 0 fully saturated rings. The zero-order valence-electron chi connectivity index (χ0n) is 18.6. The highest BCUT2D eigenvalue weighted by Crippen LogP contribution is 2.17. The third-order valence-corrected chi connectivity index (χ3v) is 5.07. The Morgan fingerprint density at radius 3 is 2.25 bits per heavy atom. The monoisotopic (exact) mass is 434 g/mol. The van der Waals surface area contributed by atoms with Gasteiger partial charge in [0.2, 0.25) is 0 Å². The van der Waals surface area contributed by atoms with Gasteiger partial charge in [0.05, 0.1) is 24.2 Å². The van der Waals surface area contributed by atoms with Crippen molar-refractivity contribution in [1.29, 1.82) is 0 Å². The first-order valence-electron chi connectivity index (χ1n) is 10.2. The van der Waals surface area contributed by atoms with Crippen LogP contribution in [0.4, 0.5) is 0 Å². The minimum absolute atomic E-state index is 0.128. The van der Waals surface area contributed by atoms with Crippen LogP contribution in [0.1, 0.15) is 49.3 Å². The normalized spacial score (nSPS) is 10.5. The van der Waals surface area contributed by atoms with E-state index in [0.29, 0.717) is 35.5 Å². The molecule has 2 aromatic carbocycles. The Bertz CT molecular complexity index is 1120. The van der Waals surface area contributed by atoms with Crippen LogP contribution in [0.5, 0.6) is 0 Å². The molecule has 166 valence electrons. The van der Waals surface area contributed by atoms with Gasteiger partial charge in [0.1, 0.15) is 5.56 Å². The number of aromatic nitrogens is 2. The summed E-state index contributed by atoms with van der Waals surface area (Å²) < 4.78 is 6.68. The molecule has 2 amide bonds. The first-order valence-corrected chi connectivity index (χ1v) is 10.2. The maximum absolute atomic E-state index is 12.8. The molecule has 0 saturated heterocycles. The van der Waals surface area contributed by atoms with E-state index >= 15 is 0 Å². The first-order chi connectivity index (χ1) is 15.3. The highest BCUT2D eigenvalue weighted by molar-refractivity contribution is 5.95. The molecule has 8 heteroatoms. The van der Waals surface area contributed by atoms with Gasteiger partial charge < -0.3 is 15.0 Å². The molecule has 0 atom stereocenters. The minimum atomic E-state index is -0.409. The van der Waals surface area contributed by atoms with Crippen LogP contribution < -0.4 is 5.32 Å². The molecular weight excluding hydrogens is 408 g/mol. The van der Waals surface area contributed by atoms with Crippen molar-refractivity contribution in [3.05, 3.63) is 82.7 Å². The molecule has 0 aliphatic rings. The van der Waals surface area contributed by atoms with Crippen molar-refractivity contribution in [2.45, 2.75) is 20.4 Å². The zero-order valence-corrected chi connectivity index (χ0v) is 18.6. The van der Waals surface area contributed by atoms with Crippen LogP contribution in [0.2, 0.25) is 0 Å². The number of rotatable bonds is 7. The second kappa shape index (κ2) is 9.91. The minimum Gasteiger partial charge on any atom is -0.462 e. The van der Waals surface area contributed by atoms with E-state index in [2.05, 4.69) is 10.4 Å². The average molecular weight is 434 g/mol. The Kier molecular flexibility index (Phi) is 7.04. The molecule has 0 bridgehead atoms. The fourth-order valence-corrected chi connectivity index (χ4v) is 3.30. The standard InChI is InChI=1S/C24H26N4O4/c1-5-32-24(31)21-14-26-28(16(21)2)20-12-10-19(11-13-20)23(30)27(4)15-17-6-8-18(9-7-17)22(29)25-3/h6-14H,5,15H2,1-4H3,(H,25,29). The first kappa shape index (κ1) is 22.7. The van der Waals surface area contributed by atoms with Crippen LogP contribution in [0.3, 0.4) is 0 Å². The Hall–Kier alpha value is -3.94. The Morgan fingerprint density at radius 2 is 1.66 bits per heavy atom. The van der Waals surface area contributed by atoms with Crippen molar-refractivity contribution in [2.75, 3.05) is 20.7 Å². The van der Waals surface area contributed by atoms with Crippen LogP contribution >= 0.6 is 0 Å². The quantitative estimate of drug-likeness (QED) is 0.577. The number of carbonyl (C=O) groups is 3. The summed E-state index contributed by atoms with van der Waals surface area (Å²) >= 11 is 0. The van der Waals surface area contributed by atoms with E-state index < -0.39 is 5.97 Å². The molecule has 0 unspecified atom stereocenters. The van der Waals surface area contributed by atoms with Crippen LogP contribution in [0, 0.1) is 6.92 Å². The van der Waals surface area contributed by atoms with Gasteiger partial charge in [-0.15, -0.1) is 0 Å². The van der Waals surface area contributed by atoms with Gasteiger partial charge in [-0.3, -0.25) is 9.59 Å². The van der Waals surface area contributed by atoms with Crippen molar-refractivity contribution in [3.8, 4) is 5.69 Å². The summed E-state index contributed by atoms with van der Waals surface area (Å²) in [5.74, 6) is -0.688. The summed E-state index contributed by atoms with van der Waals surface area (Å²) in [4.78, 5) is 38.1. The molecule has 1 aromatic heterocycles. The molecule has 8 nitrogen and oxygen atoms in total. The van der Waals surface area contributed by atoms with Gasteiger partial charge in [-0.1, -0.05) is 12.1 Å². The van der Waals surface area contributed by atoms with Crippen LogP contribution in [-0.2, 0) is 11.3 Å². The van der Waals surface area contributed by atoms with Gasteiger partial charge in [0, 0.05) is 31.8 Å². The maximum Gasteiger partial charge on any atom is 0.341 e. The lowest BCUT2D eigenvalue weighted by Crippen LogP contribution is -2.26. The third-order valence-electron chi connectivity index (χ3n) is 5.07. The molecule has 0 aliphatic heterocycles.